The minimum absolute atomic E-state index is 0.00959. The Hall–Kier alpha value is -3.22. The SMILES string of the molecule is CC(C)N1CCC(NC(=O)c2nc3c(c(=O)n(C)c(=O)n3C)n2Cc2cc(-c3ccc(Cl)s3)on2)CC1. The smallest absolute Gasteiger partial charge is 0.332 e. The molecule has 5 heterocycles. The van der Waals surface area contributed by atoms with Crippen LogP contribution < -0.4 is 16.6 Å². The van der Waals surface area contributed by atoms with Crippen molar-refractivity contribution < 1.29 is 9.32 Å². The fraction of sp³-hybridized carbons (Fsp3) is 0.458. The van der Waals surface area contributed by atoms with E-state index in [2.05, 4.69) is 34.2 Å². The number of hydrogen-bond donors (Lipinski definition) is 1. The summed E-state index contributed by atoms with van der Waals surface area (Å²) in [5.41, 5.74) is -0.277. The number of carbonyl (C=O) groups is 1. The maximum Gasteiger partial charge on any atom is 0.332 e. The molecule has 13 heteroatoms. The van der Waals surface area contributed by atoms with E-state index in [-0.39, 0.29) is 29.6 Å². The van der Waals surface area contributed by atoms with Gasteiger partial charge in [-0.05, 0) is 38.8 Å². The molecule has 0 aromatic carbocycles. The van der Waals surface area contributed by atoms with Crippen molar-refractivity contribution in [2.24, 2.45) is 14.1 Å². The lowest BCUT2D eigenvalue weighted by Gasteiger charge is -2.34. The van der Waals surface area contributed by atoms with Crippen LogP contribution in [0.25, 0.3) is 21.8 Å². The number of imidazole rings is 1. The lowest BCUT2D eigenvalue weighted by atomic mass is 10.0. The number of carbonyl (C=O) groups excluding carboxylic acids is 1. The van der Waals surface area contributed by atoms with E-state index in [1.54, 1.807) is 12.1 Å². The summed E-state index contributed by atoms with van der Waals surface area (Å²) in [5, 5.41) is 7.22. The zero-order valence-corrected chi connectivity index (χ0v) is 22.6. The van der Waals surface area contributed by atoms with E-state index < -0.39 is 17.2 Å². The average Bonchev–Trinajstić information content (AvgIpc) is 3.61. The summed E-state index contributed by atoms with van der Waals surface area (Å²) in [6, 6.07) is 5.79. The van der Waals surface area contributed by atoms with E-state index in [1.807, 2.05) is 6.07 Å². The van der Waals surface area contributed by atoms with Crippen molar-refractivity contribution in [3.05, 3.63) is 54.9 Å². The molecule has 37 heavy (non-hydrogen) atoms. The molecule has 196 valence electrons. The summed E-state index contributed by atoms with van der Waals surface area (Å²) in [5.74, 6) is 0.172. The van der Waals surface area contributed by atoms with Crippen molar-refractivity contribution >= 4 is 40.0 Å². The van der Waals surface area contributed by atoms with E-state index in [0.29, 0.717) is 21.8 Å². The second-order valence-corrected chi connectivity index (χ2v) is 11.3. The summed E-state index contributed by atoms with van der Waals surface area (Å²) in [6.07, 6.45) is 1.64. The molecule has 0 unspecified atom stereocenters. The first kappa shape index (κ1) is 25.4. The van der Waals surface area contributed by atoms with Gasteiger partial charge in [0, 0.05) is 45.3 Å². The summed E-state index contributed by atoms with van der Waals surface area (Å²) in [6.45, 7) is 6.16. The predicted molar refractivity (Wildman–Crippen MR) is 141 cm³/mol. The van der Waals surface area contributed by atoms with Gasteiger partial charge in [0.2, 0.25) is 5.82 Å². The van der Waals surface area contributed by atoms with Crippen LogP contribution in [-0.4, -0.2) is 59.8 Å². The summed E-state index contributed by atoms with van der Waals surface area (Å²) < 4.78 is 9.91. The Kier molecular flexibility index (Phi) is 6.82. The highest BCUT2D eigenvalue weighted by Crippen LogP contribution is 2.31. The number of amides is 1. The van der Waals surface area contributed by atoms with Crippen molar-refractivity contribution in [2.45, 2.75) is 45.3 Å². The number of fused-ring (bicyclic) bond motifs is 1. The van der Waals surface area contributed by atoms with Crippen LogP contribution in [0.5, 0.6) is 0 Å². The molecule has 0 saturated carbocycles. The minimum Gasteiger partial charge on any atom is -0.355 e. The van der Waals surface area contributed by atoms with Gasteiger partial charge in [-0.3, -0.25) is 18.7 Å². The van der Waals surface area contributed by atoms with Crippen LogP contribution in [-0.2, 0) is 20.6 Å². The van der Waals surface area contributed by atoms with E-state index >= 15 is 0 Å². The number of aryl methyl sites for hydroxylation is 1. The topological polar surface area (TPSA) is 120 Å². The molecule has 0 spiro atoms. The Morgan fingerprint density at radius 1 is 1.22 bits per heavy atom. The summed E-state index contributed by atoms with van der Waals surface area (Å²) in [4.78, 5) is 46.8. The molecule has 4 aromatic heterocycles. The largest absolute Gasteiger partial charge is 0.355 e. The standard InChI is InChI=1S/C24H28ClN7O4S/c1-13(2)31-9-7-14(8-10-31)26-22(33)21-27-20-19(23(34)30(4)24(35)29(20)3)32(21)12-15-11-16(36-28-15)17-5-6-18(25)37-17/h5-6,11,13-14H,7-10,12H2,1-4H3,(H,26,33). The number of nitrogens with zero attached hydrogens (tertiary/aromatic N) is 6. The second kappa shape index (κ2) is 9.92. The Bertz CT molecular complexity index is 1590. The lowest BCUT2D eigenvalue weighted by molar-refractivity contribution is 0.0887. The van der Waals surface area contributed by atoms with Crippen LogP contribution in [0.2, 0.25) is 4.34 Å². The number of rotatable bonds is 6. The molecule has 11 nitrogen and oxygen atoms in total. The summed E-state index contributed by atoms with van der Waals surface area (Å²) >= 11 is 7.40. The first-order valence-electron chi connectivity index (χ1n) is 12.1. The van der Waals surface area contributed by atoms with Crippen molar-refractivity contribution in [3.8, 4) is 10.6 Å². The molecule has 1 N–H and O–H groups in total. The van der Waals surface area contributed by atoms with Crippen molar-refractivity contribution in [1.82, 2.24) is 34.1 Å². The van der Waals surface area contributed by atoms with Crippen molar-refractivity contribution in [2.75, 3.05) is 13.1 Å². The van der Waals surface area contributed by atoms with Gasteiger partial charge in [0.25, 0.3) is 11.5 Å². The van der Waals surface area contributed by atoms with Gasteiger partial charge in [0.15, 0.2) is 16.9 Å². The predicted octanol–water partition coefficient (Wildman–Crippen LogP) is 2.45. The second-order valence-electron chi connectivity index (χ2n) is 9.56. The van der Waals surface area contributed by atoms with Gasteiger partial charge in [-0.15, -0.1) is 11.3 Å². The van der Waals surface area contributed by atoms with Gasteiger partial charge in [0.05, 0.1) is 15.8 Å². The summed E-state index contributed by atoms with van der Waals surface area (Å²) in [7, 11) is 2.93. The maximum atomic E-state index is 13.5. The molecule has 1 saturated heterocycles. The number of hydrogen-bond acceptors (Lipinski definition) is 8. The van der Waals surface area contributed by atoms with Gasteiger partial charge in [0.1, 0.15) is 5.69 Å². The molecule has 1 amide bonds. The number of thiophene rings is 1. The van der Waals surface area contributed by atoms with Crippen LogP contribution in [0.15, 0.2) is 32.3 Å². The maximum absolute atomic E-state index is 13.5. The molecule has 0 aliphatic carbocycles. The molecule has 1 fully saturated rings. The van der Waals surface area contributed by atoms with Gasteiger partial charge in [-0.25, -0.2) is 9.78 Å². The molecular weight excluding hydrogens is 518 g/mol. The number of piperidine rings is 1. The highest BCUT2D eigenvalue weighted by atomic mass is 35.5. The Morgan fingerprint density at radius 3 is 2.59 bits per heavy atom. The van der Waals surface area contributed by atoms with Crippen LogP contribution in [0.1, 0.15) is 43.0 Å². The highest BCUT2D eigenvalue weighted by Gasteiger charge is 2.28. The van der Waals surface area contributed by atoms with Crippen LogP contribution >= 0.6 is 22.9 Å². The van der Waals surface area contributed by atoms with Crippen molar-refractivity contribution in [3.63, 3.8) is 0 Å². The molecule has 0 bridgehead atoms. The highest BCUT2D eigenvalue weighted by molar-refractivity contribution is 7.19. The van der Waals surface area contributed by atoms with E-state index in [0.717, 1.165) is 35.4 Å². The first-order valence-corrected chi connectivity index (χ1v) is 13.3. The number of likely N-dealkylation sites (tertiary alicyclic amines) is 1. The van der Waals surface area contributed by atoms with Gasteiger partial charge < -0.3 is 19.3 Å². The van der Waals surface area contributed by atoms with E-state index in [1.165, 1.54) is 34.6 Å². The Labute approximate surface area is 221 Å². The van der Waals surface area contributed by atoms with Gasteiger partial charge in [-0.1, -0.05) is 16.8 Å². The monoisotopic (exact) mass is 545 g/mol. The zero-order chi connectivity index (χ0) is 26.4. The minimum atomic E-state index is -0.538. The third kappa shape index (κ3) is 4.76. The Balaban J connectivity index is 1.51. The Morgan fingerprint density at radius 2 is 1.95 bits per heavy atom. The molecule has 1 aliphatic heterocycles. The van der Waals surface area contributed by atoms with Gasteiger partial charge >= 0.3 is 5.69 Å². The molecule has 0 atom stereocenters. The molecular formula is C24H28ClN7O4S. The average molecular weight is 546 g/mol. The molecule has 5 rings (SSSR count). The lowest BCUT2D eigenvalue weighted by Crippen LogP contribution is -2.47. The quantitative estimate of drug-likeness (QED) is 0.395. The van der Waals surface area contributed by atoms with E-state index in [9.17, 15) is 14.4 Å². The fourth-order valence-corrected chi connectivity index (χ4v) is 5.69. The molecule has 1 aliphatic rings. The molecule has 4 aromatic rings. The third-order valence-electron chi connectivity index (χ3n) is 6.84. The van der Waals surface area contributed by atoms with E-state index in [4.69, 9.17) is 16.1 Å². The number of aromatic nitrogens is 5. The van der Waals surface area contributed by atoms with Crippen molar-refractivity contribution in [1.29, 1.82) is 0 Å². The van der Waals surface area contributed by atoms with Crippen LogP contribution in [0, 0.1) is 0 Å². The van der Waals surface area contributed by atoms with Crippen LogP contribution in [0.3, 0.4) is 0 Å². The normalized spacial score (nSPS) is 15.2. The number of nitrogens with one attached hydrogen (secondary N) is 1. The third-order valence-corrected chi connectivity index (χ3v) is 8.09. The van der Waals surface area contributed by atoms with Gasteiger partial charge in [-0.2, -0.15) is 0 Å². The molecule has 0 radical (unpaired) electrons. The first-order chi connectivity index (χ1) is 17.6. The fourth-order valence-electron chi connectivity index (χ4n) is 4.70. The zero-order valence-electron chi connectivity index (χ0n) is 21.0. The number of halogens is 1. The van der Waals surface area contributed by atoms with Crippen LogP contribution in [0.4, 0.5) is 0 Å².